The van der Waals surface area contributed by atoms with Gasteiger partial charge in [-0.15, -0.1) is 0 Å². The van der Waals surface area contributed by atoms with E-state index in [1.54, 1.807) is 11.6 Å². The first-order valence-corrected chi connectivity index (χ1v) is 10.6. The number of nitrogens with one attached hydrogen (secondary N) is 1. The van der Waals surface area contributed by atoms with Gasteiger partial charge in [0.15, 0.2) is 0 Å². The molecule has 1 amide bonds. The number of hydrogen-bond acceptors (Lipinski definition) is 4. The highest BCUT2D eigenvalue weighted by Crippen LogP contribution is 2.22. The van der Waals surface area contributed by atoms with Crippen LogP contribution in [0.2, 0.25) is 0 Å². The maximum atomic E-state index is 11.2. The summed E-state index contributed by atoms with van der Waals surface area (Å²) in [5.41, 5.74) is 6.11. The lowest BCUT2D eigenvalue weighted by molar-refractivity contribution is -0.124. The number of unbranched alkanes of at least 4 members (excludes halogenated alkanes) is 1. The smallest absolute Gasteiger partial charge is 0.267 e. The van der Waals surface area contributed by atoms with E-state index in [2.05, 4.69) is 43.9 Å². The van der Waals surface area contributed by atoms with Crippen LogP contribution in [0.4, 0.5) is 0 Å². The van der Waals surface area contributed by atoms with Crippen LogP contribution in [0.25, 0.3) is 11.7 Å². The number of carbonyl (C=O) groups excluding carboxylic acids is 1. The third-order valence-corrected chi connectivity index (χ3v) is 5.14. The molecule has 2 aromatic rings. The Labute approximate surface area is 174 Å². The minimum Gasteiger partial charge on any atom is -0.302 e. The molecule has 0 aliphatic heterocycles. The van der Waals surface area contributed by atoms with Crippen LogP contribution < -0.4 is 5.48 Å². The first kappa shape index (κ1) is 23.1. The Balaban J connectivity index is 2.32. The lowest BCUT2D eigenvalue weighted by atomic mass is 9.92. The van der Waals surface area contributed by atoms with Crippen LogP contribution in [-0.2, 0) is 17.8 Å². The number of nitrogens with zero attached hydrogens (tertiary/aromatic N) is 3. The molecule has 0 saturated carbocycles. The normalized spacial score (nSPS) is 12.4. The van der Waals surface area contributed by atoms with Gasteiger partial charge in [0, 0.05) is 18.8 Å². The summed E-state index contributed by atoms with van der Waals surface area (Å²) in [6, 6.07) is 3.94. The predicted octanol–water partition coefficient (Wildman–Crippen LogP) is 4.45. The lowest BCUT2D eigenvalue weighted by Gasteiger charge is -2.26. The van der Waals surface area contributed by atoms with Gasteiger partial charge < -0.3 is 4.40 Å². The first-order chi connectivity index (χ1) is 13.8. The average Bonchev–Trinajstić information content (AvgIpc) is 3.03. The molecule has 29 heavy (non-hydrogen) atoms. The minimum absolute atomic E-state index is 0.319. The average molecular weight is 401 g/mol. The van der Waals surface area contributed by atoms with Gasteiger partial charge in [0.25, 0.3) is 5.91 Å². The van der Waals surface area contributed by atoms with E-state index in [4.69, 9.17) is 10.2 Å². The molecule has 2 heterocycles. The molecule has 0 unspecified atom stereocenters. The quantitative estimate of drug-likeness (QED) is 0.351. The number of carbonyl (C=O) groups is 1. The van der Waals surface area contributed by atoms with E-state index >= 15 is 0 Å². The molecular weight excluding hydrogens is 364 g/mol. The molecule has 0 bridgehead atoms. The molecule has 2 aromatic heterocycles. The zero-order valence-corrected chi connectivity index (χ0v) is 18.5. The fraction of sp³-hybridized carbons (Fsp3) is 0.565. The zero-order valence-electron chi connectivity index (χ0n) is 18.5. The Morgan fingerprint density at radius 2 is 2.10 bits per heavy atom. The van der Waals surface area contributed by atoms with Crippen LogP contribution >= 0.6 is 0 Å². The van der Waals surface area contributed by atoms with Crippen molar-refractivity contribution in [2.24, 2.45) is 5.41 Å². The molecule has 0 aliphatic carbocycles. The number of aromatic nitrogens is 2. The van der Waals surface area contributed by atoms with Crippen molar-refractivity contribution in [1.29, 1.82) is 0 Å². The van der Waals surface area contributed by atoms with Crippen LogP contribution in [0.5, 0.6) is 0 Å². The van der Waals surface area contributed by atoms with E-state index < -0.39 is 5.91 Å². The standard InChI is InChI=1S/C23H36N4O2/c1-6-8-9-19-20(17-26(7-2)15-13-23(3,4)5)27-14-12-18(16-21(27)24-19)10-11-22(28)25-29/h10-12,14,16,29H,6-9,13,15,17H2,1-5H3,(H,25,28). The molecule has 0 atom stereocenters. The highest BCUT2D eigenvalue weighted by atomic mass is 16.5. The van der Waals surface area contributed by atoms with Crippen molar-refractivity contribution in [3.05, 3.63) is 41.4 Å². The second-order valence-electron chi connectivity index (χ2n) is 8.79. The summed E-state index contributed by atoms with van der Waals surface area (Å²) in [5.74, 6) is -0.546. The Hall–Kier alpha value is -2.18. The molecule has 6 nitrogen and oxygen atoms in total. The maximum Gasteiger partial charge on any atom is 0.267 e. The second kappa shape index (κ2) is 10.6. The van der Waals surface area contributed by atoms with Gasteiger partial charge in [-0.05, 0) is 61.5 Å². The van der Waals surface area contributed by atoms with E-state index in [-0.39, 0.29) is 0 Å². The number of aryl methyl sites for hydroxylation is 1. The maximum absolute atomic E-state index is 11.2. The monoisotopic (exact) mass is 400 g/mol. The summed E-state index contributed by atoms with van der Waals surface area (Å²) in [5, 5.41) is 8.64. The number of hydroxylamine groups is 1. The topological polar surface area (TPSA) is 69.9 Å². The van der Waals surface area contributed by atoms with Crippen LogP contribution in [0, 0.1) is 5.41 Å². The largest absolute Gasteiger partial charge is 0.302 e. The fourth-order valence-electron chi connectivity index (χ4n) is 3.24. The van der Waals surface area contributed by atoms with E-state index in [0.29, 0.717) is 5.41 Å². The highest BCUT2D eigenvalue weighted by molar-refractivity contribution is 5.90. The number of amides is 1. The number of pyridine rings is 1. The molecule has 2 N–H and O–H groups in total. The number of fused-ring (bicyclic) bond motifs is 1. The Kier molecular flexibility index (Phi) is 8.41. The summed E-state index contributed by atoms with van der Waals surface area (Å²) < 4.78 is 2.17. The molecule has 2 rings (SSSR count). The molecule has 0 spiro atoms. The minimum atomic E-state index is -0.546. The lowest BCUT2D eigenvalue weighted by Crippen LogP contribution is -2.28. The van der Waals surface area contributed by atoms with Gasteiger partial charge in [0.1, 0.15) is 5.65 Å². The summed E-state index contributed by atoms with van der Waals surface area (Å²) in [7, 11) is 0. The van der Waals surface area contributed by atoms with Crippen LogP contribution in [0.3, 0.4) is 0 Å². The summed E-state index contributed by atoms with van der Waals surface area (Å²) in [4.78, 5) is 18.6. The van der Waals surface area contributed by atoms with Crippen LogP contribution in [0.15, 0.2) is 24.4 Å². The Morgan fingerprint density at radius 1 is 1.34 bits per heavy atom. The van der Waals surface area contributed by atoms with Crippen molar-refractivity contribution in [3.63, 3.8) is 0 Å². The summed E-state index contributed by atoms with van der Waals surface area (Å²) in [6.45, 7) is 14.2. The summed E-state index contributed by atoms with van der Waals surface area (Å²) in [6.07, 6.45) is 9.40. The van der Waals surface area contributed by atoms with Gasteiger partial charge in [0.05, 0.1) is 11.4 Å². The van der Waals surface area contributed by atoms with Gasteiger partial charge >= 0.3 is 0 Å². The van der Waals surface area contributed by atoms with Gasteiger partial charge in [-0.2, -0.15) is 0 Å². The Bertz CT molecular complexity index is 833. The molecular formula is C23H36N4O2. The number of rotatable bonds is 10. The van der Waals surface area contributed by atoms with E-state index in [0.717, 1.165) is 62.2 Å². The molecule has 160 valence electrons. The van der Waals surface area contributed by atoms with Crippen molar-refractivity contribution in [3.8, 4) is 0 Å². The number of hydrogen-bond donors (Lipinski definition) is 2. The molecule has 0 aliphatic rings. The SMILES string of the molecule is CCCCc1nc2cc(C=CC(=O)NO)ccn2c1CN(CC)CCC(C)(C)C. The van der Waals surface area contributed by atoms with E-state index in [1.807, 2.05) is 18.3 Å². The van der Waals surface area contributed by atoms with Crippen molar-refractivity contribution in [1.82, 2.24) is 19.8 Å². The van der Waals surface area contributed by atoms with Crippen LogP contribution in [-0.4, -0.2) is 38.5 Å². The van der Waals surface area contributed by atoms with Crippen molar-refractivity contribution in [2.45, 2.75) is 66.8 Å². The van der Waals surface area contributed by atoms with Gasteiger partial charge in [-0.1, -0.05) is 41.0 Å². The molecule has 6 heteroatoms. The van der Waals surface area contributed by atoms with Crippen molar-refractivity contribution >= 4 is 17.6 Å². The molecule has 0 aromatic carbocycles. The highest BCUT2D eigenvalue weighted by Gasteiger charge is 2.17. The summed E-state index contributed by atoms with van der Waals surface area (Å²) >= 11 is 0. The third kappa shape index (κ3) is 6.98. The molecule has 0 radical (unpaired) electrons. The Morgan fingerprint density at radius 3 is 2.72 bits per heavy atom. The van der Waals surface area contributed by atoms with E-state index in [1.165, 1.54) is 11.8 Å². The van der Waals surface area contributed by atoms with Crippen molar-refractivity contribution in [2.75, 3.05) is 13.1 Å². The molecule has 0 saturated heterocycles. The predicted molar refractivity (Wildman–Crippen MR) is 118 cm³/mol. The molecule has 0 fully saturated rings. The van der Waals surface area contributed by atoms with Gasteiger partial charge in [0.2, 0.25) is 0 Å². The second-order valence-corrected chi connectivity index (χ2v) is 8.79. The number of imidazole rings is 1. The van der Waals surface area contributed by atoms with Gasteiger partial charge in [-0.3, -0.25) is 14.9 Å². The van der Waals surface area contributed by atoms with Crippen molar-refractivity contribution < 1.29 is 10.0 Å². The van der Waals surface area contributed by atoms with Crippen LogP contribution in [0.1, 0.15) is 70.8 Å². The van der Waals surface area contributed by atoms with E-state index in [9.17, 15) is 4.79 Å². The first-order valence-electron chi connectivity index (χ1n) is 10.6. The zero-order chi connectivity index (χ0) is 21.4. The van der Waals surface area contributed by atoms with Gasteiger partial charge in [-0.25, -0.2) is 10.5 Å². The fourth-order valence-corrected chi connectivity index (χ4v) is 3.24. The third-order valence-electron chi connectivity index (χ3n) is 5.14.